The van der Waals surface area contributed by atoms with E-state index in [0.29, 0.717) is 0 Å². The van der Waals surface area contributed by atoms with Gasteiger partial charge in [-0.2, -0.15) is 0 Å². The number of aliphatic carboxylic acids is 1. The van der Waals surface area contributed by atoms with Gasteiger partial charge in [0, 0.05) is 38.5 Å². The van der Waals surface area contributed by atoms with Gasteiger partial charge in [-0.05, 0) is 14.0 Å². The number of carboxylic acids is 1. The largest absolute Gasteiger partial charge is 0.480 e. The molecule has 1 saturated heterocycles. The number of piperazine rings is 1. The zero-order valence-electron chi connectivity index (χ0n) is 9.48. The normalized spacial score (nSPS) is 21.5. The summed E-state index contributed by atoms with van der Waals surface area (Å²) in [6.45, 7) is 7.22. The summed E-state index contributed by atoms with van der Waals surface area (Å²) < 4.78 is 0. The Morgan fingerprint density at radius 1 is 1.40 bits per heavy atom. The van der Waals surface area contributed by atoms with Crippen LogP contribution in [0.2, 0.25) is 0 Å². The summed E-state index contributed by atoms with van der Waals surface area (Å²) in [5.74, 6) is 0.204. The summed E-state index contributed by atoms with van der Waals surface area (Å²) in [7, 11) is 2.14. The first-order valence-corrected chi connectivity index (χ1v) is 6.40. The van der Waals surface area contributed by atoms with Crippen LogP contribution in [0, 0.1) is 0 Å². The Bertz CT molecular complexity index is 206. The third kappa shape index (κ3) is 4.86. The Morgan fingerprint density at radius 3 is 2.53 bits per heavy atom. The molecular weight excluding hydrogens is 212 g/mol. The molecule has 0 spiro atoms. The number of rotatable bonds is 5. The number of thioether (sulfide) groups is 1. The van der Waals surface area contributed by atoms with Gasteiger partial charge in [-0.15, -0.1) is 11.8 Å². The van der Waals surface area contributed by atoms with Crippen LogP contribution in [0.4, 0.5) is 0 Å². The monoisotopic (exact) mass is 232 g/mol. The first kappa shape index (κ1) is 12.8. The van der Waals surface area contributed by atoms with Gasteiger partial charge in [0.05, 0.1) is 5.25 Å². The molecule has 1 unspecified atom stereocenters. The highest BCUT2D eigenvalue weighted by atomic mass is 32.2. The highest BCUT2D eigenvalue weighted by Gasteiger charge is 2.15. The fourth-order valence-electron chi connectivity index (χ4n) is 1.50. The molecule has 0 aliphatic carbocycles. The lowest BCUT2D eigenvalue weighted by atomic mass is 10.3. The van der Waals surface area contributed by atoms with Gasteiger partial charge in [0.2, 0.25) is 0 Å². The Balaban J connectivity index is 2.07. The molecule has 1 N–H and O–H groups in total. The zero-order chi connectivity index (χ0) is 11.3. The van der Waals surface area contributed by atoms with Crippen LogP contribution in [-0.2, 0) is 4.79 Å². The molecule has 1 atom stereocenters. The van der Waals surface area contributed by atoms with Crippen LogP contribution in [-0.4, -0.2) is 71.6 Å². The minimum Gasteiger partial charge on any atom is -0.480 e. The molecule has 0 saturated carbocycles. The second kappa shape index (κ2) is 6.35. The van der Waals surface area contributed by atoms with E-state index in [9.17, 15) is 4.79 Å². The molecule has 1 aliphatic heterocycles. The second-order valence-corrected chi connectivity index (χ2v) is 5.44. The van der Waals surface area contributed by atoms with Crippen LogP contribution in [0.3, 0.4) is 0 Å². The van der Waals surface area contributed by atoms with E-state index in [1.165, 1.54) is 11.8 Å². The quantitative estimate of drug-likeness (QED) is 0.745. The molecule has 0 aromatic rings. The lowest BCUT2D eigenvalue weighted by Crippen LogP contribution is -2.45. The van der Waals surface area contributed by atoms with Crippen molar-refractivity contribution in [2.75, 3.05) is 45.5 Å². The van der Waals surface area contributed by atoms with Crippen LogP contribution in [0.15, 0.2) is 0 Å². The van der Waals surface area contributed by atoms with Gasteiger partial charge in [-0.25, -0.2) is 0 Å². The van der Waals surface area contributed by atoms with Crippen molar-refractivity contribution in [2.24, 2.45) is 0 Å². The topological polar surface area (TPSA) is 43.8 Å². The van der Waals surface area contributed by atoms with E-state index in [1.807, 2.05) is 0 Å². The molecule has 5 heteroatoms. The number of carbonyl (C=O) groups is 1. The predicted molar refractivity (Wildman–Crippen MR) is 63.5 cm³/mol. The third-order valence-electron chi connectivity index (χ3n) is 2.72. The van der Waals surface area contributed by atoms with Crippen molar-refractivity contribution < 1.29 is 9.90 Å². The molecule has 1 aliphatic rings. The third-order valence-corrected chi connectivity index (χ3v) is 3.84. The van der Waals surface area contributed by atoms with E-state index in [2.05, 4.69) is 16.8 Å². The first-order chi connectivity index (χ1) is 7.09. The van der Waals surface area contributed by atoms with Crippen molar-refractivity contribution in [2.45, 2.75) is 12.2 Å². The summed E-state index contributed by atoms with van der Waals surface area (Å²) in [5, 5.41) is 8.43. The zero-order valence-corrected chi connectivity index (χ0v) is 10.3. The molecule has 1 heterocycles. The van der Waals surface area contributed by atoms with E-state index >= 15 is 0 Å². The van der Waals surface area contributed by atoms with Crippen LogP contribution in [0.1, 0.15) is 6.92 Å². The molecule has 88 valence electrons. The molecular formula is C10H20N2O2S. The van der Waals surface area contributed by atoms with Crippen molar-refractivity contribution in [3.05, 3.63) is 0 Å². The van der Waals surface area contributed by atoms with Crippen LogP contribution in [0.25, 0.3) is 0 Å². The highest BCUT2D eigenvalue weighted by Crippen LogP contribution is 2.11. The standard InChI is InChI=1S/C10H20N2O2S/c1-9(10(13)14)15-8-7-12-5-3-11(2)4-6-12/h9H,3-8H2,1-2H3,(H,13,14). The minimum absolute atomic E-state index is 0.280. The van der Waals surface area contributed by atoms with Gasteiger partial charge in [-0.3, -0.25) is 9.69 Å². The molecule has 4 nitrogen and oxygen atoms in total. The summed E-state index contributed by atoms with van der Waals surface area (Å²) in [6, 6.07) is 0. The predicted octanol–water partition coefficient (Wildman–Crippen LogP) is 0.440. The van der Waals surface area contributed by atoms with Crippen LogP contribution >= 0.6 is 11.8 Å². The van der Waals surface area contributed by atoms with Gasteiger partial charge < -0.3 is 10.0 Å². The maximum Gasteiger partial charge on any atom is 0.316 e. The minimum atomic E-state index is -0.710. The van der Waals surface area contributed by atoms with Crippen molar-refractivity contribution in [3.8, 4) is 0 Å². The first-order valence-electron chi connectivity index (χ1n) is 5.35. The molecule has 0 radical (unpaired) electrons. The van der Waals surface area contributed by atoms with Gasteiger partial charge in [-0.1, -0.05) is 0 Å². The molecule has 1 fully saturated rings. The number of hydrogen-bond acceptors (Lipinski definition) is 4. The summed E-state index contributed by atoms with van der Waals surface area (Å²) in [4.78, 5) is 15.3. The Morgan fingerprint density at radius 2 is 2.00 bits per heavy atom. The number of nitrogens with zero attached hydrogens (tertiary/aromatic N) is 2. The average molecular weight is 232 g/mol. The maximum absolute atomic E-state index is 10.6. The molecule has 0 amide bonds. The van der Waals surface area contributed by atoms with Crippen molar-refractivity contribution in [1.29, 1.82) is 0 Å². The Kier molecular flexibility index (Phi) is 5.42. The molecule has 0 aromatic carbocycles. The van der Waals surface area contributed by atoms with Crippen LogP contribution in [0.5, 0.6) is 0 Å². The fraction of sp³-hybridized carbons (Fsp3) is 0.900. The van der Waals surface area contributed by atoms with Crippen molar-refractivity contribution >= 4 is 17.7 Å². The Labute approximate surface area is 95.6 Å². The van der Waals surface area contributed by atoms with E-state index in [4.69, 9.17) is 5.11 Å². The maximum atomic E-state index is 10.6. The van der Waals surface area contributed by atoms with Gasteiger partial charge in [0.25, 0.3) is 0 Å². The lowest BCUT2D eigenvalue weighted by molar-refractivity contribution is -0.136. The van der Waals surface area contributed by atoms with E-state index in [1.54, 1.807) is 6.92 Å². The van der Waals surface area contributed by atoms with Crippen molar-refractivity contribution in [3.63, 3.8) is 0 Å². The van der Waals surface area contributed by atoms with E-state index < -0.39 is 5.97 Å². The fourth-order valence-corrected chi connectivity index (χ4v) is 2.36. The Hall–Kier alpha value is -0.260. The van der Waals surface area contributed by atoms with Crippen LogP contribution < -0.4 is 0 Å². The number of likely N-dealkylation sites (N-methyl/N-ethyl adjacent to an activating group) is 1. The van der Waals surface area contributed by atoms with E-state index in [0.717, 1.165) is 38.5 Å². The van der Waals surface area contributed by atoms with E-state index in [-0.39, 0.29) is 5.25 Å². The van der Waals surface area contributed by atoms with Crippen molar-refractivity contribution in [1.82, 2.24) is 9.80 Å². The molecule has 1 rings (SSSR count). The number of carboxylic acid groups (broad SMARTS) is 1. The summed E-state index contributed by atoms with van der Waals surface area (Å²) in [6.07, 6.45) is 0. The highest BCUT2D eigenvalue weighted by molar-refractivity contribution is 8.00. The molecule has 15 heavy (non-hydrogen) atoms. The summed E-state index contributed by atoms with van der Waals surface area (Å²) in [5.41, 5.74) is 0. The second-order valence-electron chi connectivity index (χ2n) is 4.00. The molecule has 0 bridgehead atoms. The van der Waals surface area contributed by atoms with Gasteiger partial charge in [0.1, 0.15) is 0 Å². The van der Waals surface area contributed by atoms with Gasteiger partial charge >= 0.3 is 5.97 Å². The molecule has 0 aromatic heterocycles. The number of hydrogen-bond donors (Lipinski definition) is 1. The lowest BCUT2D eigenvalue weighted by Gasteiger charge is -2.32. The smallest absolute Gasteiger partial charge is 0.316 e. The summed E-state index contributed by atoms with van der Waals surface area (Å²) >= 11 is 1.52. The van der Waals surface area contributed by atoms with Gasteiger partial charge in [0.15, 0.2) is 0 Å². The SMILES string of the molecule is CC(SCCN1CCN(C)CC1)C(=O)O. The average Bonchev–Trinajstić information content (AvgIpc) is 2.20.